The first-order valence-electron chi connectivity index (χ1n) is 4.32. The van der Waals surface area contributed by atoms with Gasteiger partial charge < -0.3 is 4.74 Å². The maximum atomic E-state index is 5.51. The van der Waals surface area contributed by atoms with Crippen LogP contribution in [0.15, 0.2) is 54.6 Å². The summed E-state index contributed by atoms with van der Waals surface area (Å²) in [7, 11) is 0. The fourth-order valence-electron chi connectivity index (χ4n) is 0.943. The minimum Gasteiger partial charge on any atom is -0.489 e. The molecule has 0 bridgehead atoms. The molecule has 1 rings (SSSR count). The Hall–Kier alpha value is -1.50. The Morgan fingerprint density at radius 2 is 2.08 bits per heavy atom. The molecule has 0 fully saturated rings. The van der Waals surface area contributed by atoms with Crippen molar-refractivity contribution in [3.8, 4) is 5.75 Å². The van der Waals surface area contributed by atoms with Gasteiger partial charge in [-0.2, -0.15) is 0 Å². The lowest BCUT2D eigenvalue weighted by atomic mass is 10.3. The second-order valence-corrected chi connectivity index (χ2v) is 2.67. The van der Waals surface area contributed by atoms with Gasteiger partial charge in [0.15, 0.2) is 0 Å². The fourth-order valence-corrected chi connectivity index (χ4v) is 0.943. The number of rotatable bonds is 4. The number of hydrogen-bond donors (Lipinski definition) is 0. The van der Waals surface area contributed by atoms with Crippen LogP contribution in [0.5, 0.6) is 5.75 Å². The molecule has 0 aliphatic carbocycles. The first-order chi connectivity index (χ1) is 6.36. The number of hydrogen-bond acceptors (Lipinski definition) is 1. The zero-order valence-corrected chi connectivity index (χ0v) is 7.86. The Kier molecular flexibility index (Phi) is 3.83. The molecular formula is C12H14O. The molecule has 0 spiro atoms. The van der Waals surface area contributed by atoms with Gasteiger partial charge in [0, 0.05) is 0 Å². The third-order valence-electron chi connectivity index (χ3n) is 1.78. The van der Waals surface area contributed by atoms with Gasteiger partial charge >= 0.3 is 0 Å². The first kappa shape index (κ1) is 9.59. The van der Waals surface area contributed by atoms with Crippen LogP contribution in [0.4, 0.5) is 0 Å². The molecule has 0 atom stereocenters. The summed E-state index contributed by atoms with van der Waals surface area (Å²) in [4.78, 5) is 0. The molecule has 0 aromatic heterocycles. The second kappa shape index (κ2) is 5.20. The Morgan fingerprint density at radius 1 is 1.38 bits per heavy atom. The number of allylic oxidation sites excluding steroid dienone is 1. The highest BCUT2D eigenvalue weighted by Crippen LogP contribution is 2.09. The average molecular weight is 174 g/mol. The Morgan fingerprint density at radius 3 is 2.62 bits per heavy atom. The van der Waals surface area contributed by atoms with E-state index in [0.717, 1.165) is 11.3 Å². The second-order valence-electron chi connectivity index (χ2n) is 2.67. The van der Waals surface area contributed by atoms with E-state index in [9.17, 15) is 0 Å². The van der Waals surface area contributed by atoms with Gasteiger partial charge in [0.25, 0.3) is 0 Å². The van der Waals surface area contributed by atoms with Crippen molar-refractivity contribution in [1.82, 2.24) is 0 Å². The molecular weight excluding hydrogens is 160 g/mol. The average Bonchev–Trinajstić information content (AvgIpc) is 2.21. The predicted molar refractivity (Wildman–Crippen MR) is 55.9 cm³/mol. The van der Waals surface area contributed by atoms with Crippen LogP contribution >= 0.6 is 0 Å². The number of para-hydroxylation sites is 1. The molecule has 0 radical (unpaired) electrons. The molecule has 0 aliphatic heterocycles. The Balaban J connectivity index is 2.48. The van der Waals surface area contributed by atoms with Crippen LogP contribution in [-0.4, -0.2) is 6.61 Å². The smallest absolute Gasteiger partial charge is 0.119 e. The van der Waals surface area contributed by atoms with Crippen molar-refractivity contribution < 1.29 is 4.74 Å². The summed E-state index contributed by atoms with van der Waals surface area (Å²) in [6, 6.07) is 9.76. The van der Waals surface area contributed by atoms with Crippen molar-refractivity contribution in [2.75, 3.05) is 6.61 Å². The zero-order valence-electron chi connectivity index (χ0n) is 7.86. The van der Waals surface area contributed by atoms with Crippen LogP contribution in [0.25, 0.3) is 0 Å². The fraction of sp³-hybridized carbons (Fsp3) is 0.167. The van der Waals surface area contributed by atoms with Crippen molar-refractivity contribution in [2.24, 2.45) is 0 Å². The molecule has 0 aliphatic rings. The van der Waals surface area contributed by atoms with Gasteiger partial charge in [-0.15, -0.1) is 0 Å². The van der Waals surface area contributed by atoms with Crippen molar-refractivity contribution in [2.45, 2.75) is 6.92 Å². The van der Waals surface area contributed by atoms with E-state index in [1.54, 1.807) is 0 Å². The Labute approximate surface area is 79.4 Å². The molecule has 68 valence electrons. The zero-order chi connectivity index (χ0) is 9.52. The summed E-state index contributed by atoms with van der Waals surface area (Å²) in [6.07, 6.45) is 3.80. The quantitative estimate of drug-likeness (QED) is 0.637. The van der Waals surface area contributed by atoms with Crippen LogP contribution in [0.2, 0.25) is 0 Å². The normalized spacial score (nSPS) is 11.0. The highest BCUT2D eigenvalue weighted by atomic mass is 16.5. The van der Waals surface area contributed by atoms with Crippen molar-refractivity contribution in [3.05, 3.63) is 54.6 Å². The molecule has 1 nitrogen and oxygen atoms in total. The largest absolute Gasteiger partial charge is 0.489 e. The van der Waals surface area contributed by atoms with Crippen LogP contribution in [-0.2, 0) is 0 Å². The maximum absolute atomic E-state index is 5.51. The van der Waals surface area contributed by atoms with E-state index in [2.05, 4.69) is 6.58 Å². The summed E-state index contributed by atoms with van der Waals surface area (Å²) < 4.78 is 5.51. The molecule has 1 aromatic carbocycles. The lowest BCUT2D eigenvalue weighted by Crippen LogP contribution is -1.98. The third kappa shape index (κ3) is 3.16. The van der Waals surface area contributed by atoms with E-state index in [0.29, 0.717) is 6.61 Å². The van der Waals surface area contributed by atoms with Gasteiger partial charge in [0.1, 0.15) is 12.4 Å². The van der Waals surface area contributed by atoms with Crippen LogP contribution in [0.1, 0.15) is 6.92 Å². The lowest BCUT2D eigenvalue weighted by Gasteiger charge is -2.05. The summed E-state index contributed by atoms with van der Waals surface area (Å²) >= 11 is 0. The summed E-state index contributed by atoms with van der Waals surface area (Å²) in [5.74, 6) is 0.892. The number of ether oxygens (including phenoxy) is 1. The highest BCUT2D eigenvalue weighted by molar-refractivity contribution is 5.23. The molecule has 1 heteroatoms. The summed E-state index contributed by atoms with van der Waals surface area (Å²) in [5.41, 5.74) is 1.10. The van der Waals surface area contributed by atoms with Crippen molar-refractivity contribution in [1.29, 1.82) is 0 Å². The van der Waals surface area contributed by atoms with Crippen LogP contribution < -0.4 is 4.74 Å². The van der Waals surface area contributed by atoms with Gasteiger partial charge in [-0.3, -0.25) is 0 Å². The molecule has 13 heavy (non-hydrogen) atoms. The molecule has 0 N–H and O–H groups in total. The molecule has 0 saturated carbocycles. The van der Waals surface area contributed by atoms with Gasteiger partial charge in [-0.05, 0) is 24.6 Å². The first-order valence-corrected chi connectivity index (χ1v) is 4.32. The monoisotopic (exact) mass is 174 g/mol. The molecule has 1 aromatic rings. The third-order valence-corrected chi connectivity index (χ3v) is 1.78. The molecule has 0 heterocycles. The minimum atomic E-state index is 0.587. The lowest BCUT2D eigenvalue weighted by molar-refractivity contribution is 0.355. The molecule has 0 amide bonds. The standard InChI is InChI=1S/C12H14O/c1-3-11(4-2)10-13-12-8-6-5-7-9-12/h3-9H,1,10H2,2H3/b11-4+. The minimum absolute atomic E-state index is 0.587. The van der Waals surface area contributed by atoms with Crippen molar-refractivity contribution >= 4 is 0 Å². The maximum Gasteiger partial charge on any atom is 0.119 e. The molecule has 0 unspecified atom stereocenters. The van der Waals surface area contributed by atoms with E-state index in [1.165, 1.54) is 0 Å². The summed E-state index contributed by atoms with van der Waals surface area (Å²) in [5, 5.41) is 0. The summed E-state index contributed by atoms with van der Waals surface area (Å²) in [6.45, 7) is 6.26. The highest BCUT2D eigenvalue weighted by Gasteiger charge is 1.92. The van der Waals surface area contributed by atoms with Gasteiger partial charge in [0.05, 0.1) is 0 Å². The van der Waals surface area contributed by atoms with E-state index in [-0.39, 0.29) is 0 Å². The van der Waals surface area contributed by atoms with Crippen LogP contribution in [0.3, 0.4) is 0 Å². The Bertz CT molecular complexity index is 285. The van der Waals surface area contributed by atoms with Crippen molar-refractivity contribution in [3.63, 3.8) is 0 Å². The SMILES string of the molecule is C=C/C(=C\C)COc1ccccc1. The van der Waals surface area contributed by atoms with E-state index in [4.69, 9.17) is 4.74 Å². The van der Waals surface area contributed by atoms with Gasteiger partial charge in [-0.1, -0.05) is 36.9 Å². The van der Waals surface area contributed by atoms with E-state index < -0.39 is 0 Å². The topological polar surface area (TPSA) is 9.23 Å². The van der Waals surface area contributed by atoms with E-state index in [1.807, 2.05) is 49.4 Å². The van der Waals surface area contributed by atoms with Gasteiger partial charge in [0.2, 0.25) is 0 Å². The van der Waals surface area contributed by atoms with Crippen LogP contribution in [0, 0.1) is 0 Å². The van der Waals surface area contributed by atoms with E-state index >= 15 is 0 Å². The number of benzene rings is 1. The van der Waals surface area contributed by atoms with Gasteiger partial charge in [-0.25, -0.2) is 0 Å². The predicted octanol–water partition coefficient (Wildman–Crippen LogP) is 3.20. The molecule has 0 saturated heterocycles.